The Labute approximate surface area is 187 Å². The maximum Gasteiger partial charge on any atom is 0.339 e. The molecule has 0 amide bonds. The summed E-state index contributed by atoms with van der Waals surface area (Å²) in [5.74, 6) is 0.0531. The van der Waals surface area contributed by atoms with E-state index in [0.29, 0.717) is 33.9 Å². The first-order valence-electron chi connectivity index (χ1n) is 10.1. The summed E-state index contributed by atoms with van der Waals surface area (Å²) >= 11 is 0. The van der Waals surface area contributed by atoms with E-state index in [1.165, 1.54) is 7.11 Å². The van der Waals surface area contributed by atoms with Crippen molar-refractivity contribution in [3.63, 3.8) is 0 Å². The van der Waals surface area contributed by atoms with Crippen LogP contribution in [-0.2, 0) is 4.74 Å². The number of ether oxygens (including phenoxy) is 2. The number of ketones is 1. The van der Waals surface area contributed by atoms with Crippen molar-refractivity contribution in [2.45, 2.75) is 0 Å². The normalized spacial score (nSPS) is 13.8. The summed E-state index contributed by atoms with van der Waals surface area (Å²) in [6, 6.07) is 20.3. The highest BCUT2D eigenvalue weighted by Gasteiger charge is 2.35. The lowest BCUT2D eigenvalue weighted by Gasteiger charge is -2.23. The van der Waals surface area contributed by atoms with Gasteiger partial charge < -0.3 is 19.3 Å². The highest BCUT2D eigenvalue weighted by molar-refractivity contribution is 6.23. The van der Waals surface area contributed by atoms with Crippen LogP contribution in [0, 0.1) is 0 Å². The van der Waals surface area contributed by atoms with Gasteiger partial charge in [-0.2, -0.15) is 0 Å². The van der Waals surface area contributed by atoms with Gasteiger partial charge in [0.1, 0.15) is 5.75 Å². The van der Waals surface area contributed by atoms with Gasteiger partial charge in [-0.3, -0.25) is 4.79 Å². The average Bonchev–Trinajstić information content (AvgIpc) is 3.10. The summed E-state index contributed by atoms with van der Waals surface area (Å²) in [6.45, 7) is 0. The van der Waals surface area contributed by atoms with E-state index < -0.39 is 5.97 Å². The Morgan fingerprint density at radius 1 is 0.938 bits per heavy atom. The molecular formula is C26H24N2O4. The highest BCUT2D eigenvalue weighted by atomic mass is 16.5. The van der Waals surface area contributed by atoms with Gasteiger partial charge in [0.15, 0.2) is 0 Å². The molecule has 162 valence electrons. The Kier molecular flexibility index (Phi) is 5.69. The van der Waals surface area contributed by atoms with Gasteiger partial charge in [0.25, 0.3) is 0 Å². The summed E-state index contributed by atoms with van der Waals surface area (Å²) in [7, 11) is 6.85. The van der Waals surface area contributed by atoms with Crippen LogP contribution in [0.5, 0.6) is 5.75 Å². The molecule has 0 saturated heterocycles. The fourth-order valence-corrected chi connectivity index (χ4v) is 3.82. The molecule has 1 heterocycles. The Morgan fingerprint density at radius 3 is 2.31 bits per heavy atom. The van der Waals surface area contributed by atoms with Crippen LogP contribution in [0.1, 0.15) is 26.3 Å². The standard InChI is InChI=1S/C26H24N2O4/c1-27(2)18-14-13-17(24(16-18)31-3)15-23-25(29)19-9-5-7-11-21(19)28(23)22-12-8-6-10-20(22)26(30)32-4/h5-16H,1-4H3. The number of anilines is 3. The van der Waals surface area contributed by atoms with E-state index in [1.807, 2.05) is 72.4 Å². The van der Waals surface area contributed by atoms with E-state index in [4.69, 9.17) is 9.47 Å². The summed E-state index contributed by atoms with van der Waals surface area (Å²) in [5, 5.41) is 0. The predicted octanol–water partition coefficient (Wildman–Crippen LogP) is 4.92. The Morgan fingerprint density at radius 2 is 1.62 bits per heavy atom. The first-order chi connectivity index (χ1) is 15.5. The maximum absolute atomic E-state index is 13.4. The van der Waals surface area contributed by atoms with Crippen LogP contribution >= 0.6 is 0 Å². The smallest absolute Gasteiger partial charge is 0.339 e. The van der Waals surface area contributed by atoms with Crippen LogP contribution < -0.4 is 14.5 Å². The Hall–Kier alpha value is -4.06. The molecule has 0 spiro atoms. The molecule has 1 aliphatic rings. The third-order valence-corrected chi connectivity index (χ3v) is 5.44. The van der Waals surface area contributed by atoms with E-state index in [0.717, 1.165) is 11.3 Å². The number of carbonyl (C=O) groups is 2. The van der Waals surface area contributed by atoms with Crippen molar-refractivity contribution in [2.75, 3.05) is 38.1 Å². The molecular weight excluding hydrogens is 404 g/mol. The number of rotatable bonds is 5. The van der Waals surface area contributed by atoms with Crippen molar-refractivity contribution in [3.8, 4) is 5.75 Å². The molecule has 6 nitrogen and oxygen atoms in total. The SMILES string of the molecule is COC(=O)c1ccccc1N1C(=Cc2ccc(N(C)C)cc2OC)C(=O)c2ccccc21. The van der Waals surface area contributed by atoms with Crippen LogP contribution in [-0.4, -0.2) is 40.1 Å². The maximum atomic E-state index is 13.4. The molecule has 0 unspecified atom stereocenters. The summed E-state index contributed by atoms with van der Waals surface area (Å²) in [6.07, 6.45) is 1.80. The number of hydrogen-bond acceptors (Lipinski definition) is 6. The van der Waals surface area contributed by atoms with Crippen LogP contribution in [0.2, 0.25) is 0 Å². The number of carbonyl (C=O) groups excluding carboxylic acids is 2. The predicted molar refractivity (Wildman–Crippen MR) is 126 cm³/mol. The molecule has 1 aliphatic heterocycles. The number of esters is 1. The van der Waals surface area contributed by atoms with Crippen LogP contribution in [0.15, 0.2) is 72.4 Å². The van der Waals surface area contributed by atoms with Crippen LogP contribution in [0.3, 0.4) is 0 Å². The third kappa shape index (κ3) is 3.60. The second kappa shape index (κ2) is 8.59. The monoisotopic (exact) mass is 428 g/mol. The number of benzene rings is 3. The zero-order valence-electron chi connectivity index (χ0n) is 18.5. The molecule has 32 heavy (non-hydrogen) atoms. The number of allylic oxidation sites excluding steroid dienone is 1. The summed E-state index contributed by atoms with van der Waals surface area (Å²) < 4.78 is 10.6. The molecule has 0 N–H and O–H groups in total. The number of hydrogen-bond donors (Lipinski definition) is 0. The fourth-order valence-electron chi connectivity index (χ4n) is 3.82. The molecule has 6 heteroatoms. The zero-order chi connectivity index (χ0) is 22.8. The van der Waals surface area contributed by atoms with E-state index in [-0.39, 0.29) is 5.78 Å². The highest BCUT2D eigenvalue weighted by Crippen LogP contribution is 2.43. The van der Waals surface area contributed by atoms with Crippen molar-refractivity contribution in [1.82, 2.24) is 0 Å². The minimum Gasteiger partial charge on any atom is -0.496 e. The van der Waals surface area contributed by atoms with Gasteiger partial charge in [-0.15, -0.1) is 0 Å². The largest absolute Gasteiger partial charge is 0.496 e. The van der Waals surface area contributed by atoms with Gasteiger partial charge in [0.05, 0.1) is 36.9 Å². The lowest BCUT2D eigenvalue weighted by molar-refractivity contribution is 0.0601. The molecule has 0 atom stereocenters. The lowest BCUT2D eigenvalue weighted by atomic mass is 10.1. The molecule has 0 radical (unpaired) electrons. The lowest BCUT2D eigenvalue weighted by Crippen LogP contribution is -2.18. The molecule has 4 rings (SSSR count). The van der Waals surface area contributed by atoms with Gasteiger partial charge in [-0.1, -0.05) is 24.3 Å². The molecule has 0 saturated carbocycles. The second-order valence-corrected chi connectivity index (χ2v) is 7.54. The van der Waals surface area contributed by atoms with Crippen molar-refractivity contribution in [3.05, 3.63) is 89.1 Å². The topological polar surface area (TPSA) is 59.1 Å². The number of para-hydroxylation sites is 2. The first kappa shape index (κ1) is 21.2. The van der Waals surface area contributed by atoms with Crippen molar-refractivity contribution in [2.24, 2.45) is 0 Å². The number of Topliss-reactive ketones (excluding diaryl/α,β-unsaturated/α-hetero) is 1. The van der Waals surface area contributed by atoms with Crippen molar-refractivity contribution in [1.29, 1.82) is 0 Å². The fraction of sp³-hybridized carbons (Fsp3) is 0.154. The van der Waals surface area contributed by atoms with Gasteiger partial charge in [-0.05, 0) is 42.5 Å². The third-order valence-electron chi connectivity index (χ3n) is 5.44. The first-order valence-corrected chi connectivity index (χ1v) is 10.1. The number of methoxy groups -OCH3 is 2. The minimum atomic E-state index is -0.468. The molecule has 0 fully saturated rings. The molecule has 3 aromatic carbocycles. The van der Waals surface area contributed by atoms with Gasteiger partial charge in [-0.25, -0.2) is 4.79 Å². The number of nitrogens with zero attached hydrogens (tertiary/aromatic N) is 2. The molecule has 0 aromatic heterocycles. The van der Waals surface area contributed by atoms with Gasteiger partial charge in [0, 0.05) is 37.0 Å². The van der Waals surface area contributed by atoms with Gasteiger partial charge >= 0.3 is 5.97 Å². The zero-order valence-corrected chi connectivity index (χ0v) is 18.5. The quantitative estimate of drug-likeness (QED) is 0.425. The van der Waals surface area contributed by atoms with E-state index in [9.17, 15) is 9.59 Å². The Balaban J connectivity index is 1.93. The van der Waals surface area contributed by atoms with Crippen LogP contribution in [0.25, 0.3) is 6.08 Å². The molecule has 0 aliphatic carbocycles. The average molecular weight is 428 g/mol. The van der Waals surface area contributed by atoms with E-state index in [2.05, 4.69) is 0 Å². The van der Waals surface area contributed by atoms with Gasteiger partial charge in [0.2, 0.25) is 5.78 Å². The van der Waals surface area contributed by atoms with Crippen molar-refractivity contribution >= 4 is 34.9 Å². The second-order valence-electron chi connectivity index (χ2n) is 7.54. The molecule has 0 bridgehead atoms. The summed E-state index contributed by atoms with van der Waals surface area (Å²) in [4.78, 5) is 29.7. The van der Waals surface area contributed by atoms with E-state index in [1.54, 1.807) is 31.4 Å². The number of fused-ring (bicyclic) bond motifs is 1. The van der Waals surface area contributed by atoms with E-state index >= 15 is 0 Å². The van der Waals surface area contributed by atoms with Crippen LogP contribution in [0.4, 0.5) is 17.1 Å². The van der Waals surface area contributed by atoms with Crippen molar-refractivity contribution < 1.29 is 19.1 Å². The summed E-state index contributed by atoms with van der Waals surface area (Å²) in [5.41, 5.74) is 4.41. The Bertz CT molecular complexity index is 1230. The molecule has 3 aromatic rings. The minimum absolute atomic E-state index is 0.126.